The average molecular weight is 214 g/mol. The van der Waals surface area contributed by atoms with Crippen molar-refractivity contribution in [1.29, 1.82) is 0 Å². The predicted molar refractivity (Wildman–Crippen MR) is 50.2 cm³/mol. The van der Waals surface area contributed by atoms with Crippen LogP contribution < -0.4 is 15.4 Å². The van der Waals surface area contributed by atoms with Gasteiger partial charge in [-0.2, -0.15) is 8.78 Å². The van der Waals surface area contributed by atoms with Crippen LogP contribution in [0.3, 0.4) is 0 Å². The van der Waals surface area contributed by atoms with Crippen molar-refractivity contribution in [3.63, 3.8) is 0 Å². The first-order valence-corrected chi connectivity index (χ1v) is 4.23. The topological polar surface area (TPSA) is 50.4 Å². The van der Waals surface area contributed by atoms with Crippen LogP contribution in [0.25, 0.3) is 0 Å². The summed E-state index contributed by atoms with van der Waals surface area (Å²) in [6.45, 7) is 0. The first kappa shape index (κ1) is 9.70. The SMILES string of the molecule is CNc1ccc2c(c1)NC(=O)C(F)(F)O2. The summed E-state index contributed by atoms with van der Waals surface area (Å²) in [7, 11) is 1.68. The Bertz CT molecular complexity index is 421. The van der Waals surface area contributed by atoms with E-state index in [1.54, 1.807) is 13.1 Å². The number of amides is 1. The highest BCUT2D eigenvalue weighted by molar-refractivity contribution is 5.99. The lowest BCUT2D eigenvalue weighted by molar-refractivity contribution is -0.189. The number of carbonyl (C=O) groups excluding carboxylic acids is 1. The summed E-state index contributed by atoms with van der Waals surface area (Å²) in [6, 6.07) is 4.46. The van der Waals surface area contributed by atoms with E-state index in [0.717, 1.165) is 0 Å². The minimum absolute atomic E-state index is 0.0430. The molecule has 15 heavy (non-hydrogen) atoms. The standard InChI is InChI=1S/C9H8F2N2O2/c1-12-5-2-3-7-6(4-5)13-8(14)9(10,11)15-7/h2-4,12H,1H3,(H,13,14). The fourth-order valence-electron chi connectivity index (χ4n) is 1.25. The highest BCUT2D eigenvalue weighted by atomic mass is 19.3. The molecule has 0 atom stereocenters. The van der Waals surface area contributed by atoms with Crippen LogP contribution in [-0.4, -0.2) is 19.1 Å². The van der Waals surface area contributed by atoms with Gasteiger partial charge in [0, 0.05) is 12.7 Å². The number of carbonyl (C=O) groups is 1. The molecule has 0 fully saturated rings. The van der Waals surface area contributed by atoms with Gasteiger partial charge in [-0.25, -0.2) is 0 Å². The highest BCUT2D eigenvalue weighted by Gasteiger charge is 2.46. The van der Waals surface area contributed by atoms with E-state index in [9.17, 15) is 13.6 Å². The van der Waals surface area contributed by atoms with E-state index >= 15 is 0 Å². The van der Waals surface area contributed by atoms with E-state index in [-0.39, 0.29) is 11.4 Å². The number of rotatable bonds is 1. The molecule has 0 saturated carbocycles. The van der Waals surface area contributed by atoms with Crippen LogP contribution in [0.15, 0.2) is 18.2 Å². The molecular weight excluding hydrogens is 206 g/mol. The Hall–Kier alpha value is -1.85. The van der Waals surface area contributed by atoms with Gasteiger partial charge in [0.2, 0.25) is 0 Å². The summed E-state index contributed by atoms with van der Waals surface area (Å²) >= 11 is 0. The minimum atomic E-state index is -3.80. The average Bonchev–Trinajstić information content (AvgIpc) is 2.19. The molecule has 2 rings (SSSR count). The number of anilines is 2. The normalized spacial score (nSPS) is 17.4. The van der Waals surface area contributed by atoms with Gasteiger partial charge in [0.1, 0.15) is 0 Å². The first-order valence-electron chi connectivity index (χ1n) is 4.23. The second-order valence-electron chi connectivity index (χ2n) is 3.03. The monoisotopic (exact) mass is 214 g/mol. The molecule has 0 aliphatic carbocycles. The summed E-state index contributed by atoms with van der Waals surface area (Å²) in [5.74, 6) is -1.50. The van der Waals surface area contributed by atoms with Gasteiger partial charge >= 0.3 is 12.0 Å². The molecule has 1 heterocycles. The smallest absolute Gasteiger partial charge is 0.423 e. The Morgan fingerprint density at radius 2 is 2.20 bits per heavy atom. The van der Waals surface area contributed by atoms with Crippen LogP contribution in [0.4, 0.5) is 20.2 Å². The number of benzene rings is 1. The summed E-state index contributed by atoms with van der Waals surface area (Å²) in [4.78, 5) is 10.9. The molecule has 0 saturated heterocycles. The molecule has 0 radical (unpaired) electrons. The number of alkyl halides is 2. The van der Waals surface area contributed by atoms with E-state index < -0.39 is 12.0 Å². The summed E-state index contributed by atoms with van der Waals surface area (Å²) in [6.07, 6.45) is -3.80. The number of nitrogens with one attached hydrogen (secondary N) is 2. The maximum absolute atomic E-state index is 12.8. The Labute approximate surface area is 84.2 Å². The third-order valence-corrected chi connectivity index (χ3v) is 2.02. The van der Waals surface area contributed by atoms with Crippen LogP contribution in [-0.2, 0) is 4.79 Å². The molecule has 0 bridgehead atoms. The second-order valence-corrected chi connectivity index (χ2v) is 3.03. The van der Waals surface area contributed by atoms with Gasteiger partial charge in [-0.15, -0.1) is 0 Å². The van der Waals surface area contributed by atoms with Crippen molar-refractivity contribution in [2.45, 2.75) is 6.11 Å². The van der Waals surface area contributed by atoms with E-state index in [1.165, 1.54) is 12.1 Å². The Morgan fingerprint density at radius 3 is 2.87 bits per heavy atom. The zero-order valence-electron chi connectivity index (χ0n) is 7.80. The largest absolute Gasteiger partial charge is 0.482 e. The van der Waals surface area contributed by atoms with Crippen molar-refractivity contribution >= 4 is 17.3 Å². The van der Waals surface area contributed by atoms with Crippen LogP contribution in [0.2, 0.25) is 0 Å². The van der Waals surface area contributed by atoms with E-state index in [2.05, 4.69) is 15.4 Å². The van der Waals surface area contributed by atoms with Crippen molar-refractivity contribution < 1.29 is 18.3 Å². The molecule has 1 aliphatic heterocycles. The maximum Gasteiger partial charge on any atom is 0.482 e. The lowest BCUT2D eigenvalue weighted by Gasteiger charge is -2.24. The molecule has 6 heteroatoms. The van der Waals surface area contributed by atoms with Crippen molar-refractivity contribution in [1.82, 2.24) is 0 Å². The maximum atomic E-state index is 12.8. The number of hydrogen-bond acceptors (Lipinski definition) is 3. The number of halogens is 2. The van der Waals surface area contributed by atoms with Gasteiger partial charge in [-0.3, -0.25) is 4.79 Å². The van der Waals surface area contributed by atoms with Crippen molar-refractivity contribution in [3.05, 3.63) is 18.2 Å². The molecule has 0 spiro atoms. The van der Waals surface area contributed by atoms with Gasteiger partial charge in [0.05, 0.1) is 5.69 Å². The van der Waals surface area contributed by atoms with E-state index in [0.29, 0.717) is 5.69 Å². The fourth-order valence-corrected chi connectivity index (χ4v) is 1.25. The van der Waals surface area contributed by atoms with Gasteiger partial charge in [-0.1, -0.05) is 0 Å². The van der Waals surface area contributed by atoms with Crippen molar-refractivity contribution in [2.24, 2.45) is 0 Å². The third kappa shape index (κ3) is 1.58. The Kier molecular flexibility index (Phi) is 1.99. The first-order chi connectivity index (χ1) is 7.03. The molecule has 80 valence electrons. The molecule has 1 aromatic carbocycles. The van der Waals surface area contributed by atoms with Gasteiger partial charge < -0.3 is 15.4 Å². The lowest BCUT2D eigenvalue weighted by atomic mass is 10.2. The molecular formula is C9H8F2N2O2. The summed E-state index contributed by atoms with van der Waals surface area (Å²) in [5, 5.41) is 4.89. The van der Waals surface area contributed by atoms with Crippen LogP contribution >= 0.6 is 0 Å². The minimum Gasteiger partial charge on any atom is -0.423 e. The highest BCUT2D eigenvalue weighted by Crippen LogP contribution is 2.36. The van der Waals surface area contributed by atoms with Gasteiger partial charge in [0.15, 0.2) is 5.75 Å². The van der Waals surface area contributed by atoms with Crippen LogP contribution in [0.5, 0.6) is 5.75 Å². The zero-order valence-corrected chi connectivity index (χ0v) is 7.80. The number of fused-ring (bicyclic) bond motifs is 1. The fraction of sp³-hybridized carbons (Fsp3) is 0.222. The van der Waals surface area contributed by atoms with Gasteiger partial charge in [0.25, 0.3) is 0 Å². The number of hydrogen-bond donors (Lipinski definition) is 2. The predicted octanol–water partition coefficient (Wildman–Crippen LogP) is 1.65. The molecule has 1 aliphatic rings. The zero-order chi connectivity index (χ0) is 11.1. The lowest BCUT2D eigenvalue weighted by Crippen LogP contribution is -2.43. The number of ether oxygens (including phenoxy) is 1. The Balaban J connectivity index is 2.41. The van der Waals surface area contributed by atoms with Crippen molar-refractivity contribution in [2.75, 3.05) is 17.7 Å². The quantitative estimate of drug-likeness (QED) is 0.747. The van der Waals surface area contributed by atoms with E-state index in [4.69, 9.17) is 0 Å². The van der Waals surface area contributed by atoms with Gasteiger partial charge in [-0.05, 0) is 18.2 Å². The molecule has 1 aromatic rings. The molecule has 0 aromatic heterocycles. The summed E-state index contributed by atoms with van der Waals surface area (Å²) < 4.78 is 29.9. The molecule has 4 nitrogen and oxygen atoms in total. The van der Waals surface area contributed by atoms with Crippen LogP contribution in [0.1, 0.15) is 0 Å². The summed E-state index contributed by atoms with van der Waals surface area (Å²) in [5.41, 5.74) is 0.931. The van der Waals surface area contributed by atoms with Crippen LogP contribution in [0, 0.1) is 0 Å². The molecule has 2 N–H and O–H groups in total. The van der Waals surface area contributed by atoms with E-state index in [1.807, 2.05) is 0 Å². The van der Waals surface area contributed by atoms with Crippen molar-refractivity contribution in [3.8, 4) is 5.75 Å². The third-order valence-electron chi connectivity index (χ3n) is 2.02. The molecule has 0 unspecified atom stereocenters. The Morgan fingerprint density at radius 1 is 1.47 bits per heavy atom. The molecule has 1 amide bonds. The second kappa shape index (κ2) is 3.08.